The van der Waals surface area contributed by atoms with E-state index in [4.69, 9.17) is 0 Å². The van der Waals surface area contributed by atoms with Crippen LogP contribution in [0.4, 0.5) is 0 Å². The summed E-state index contributed by atoms with van der Waals surface area (Å²) in [5.74, 6) is 0.809. The molecule has 2 rings (SSSR count). The van der Waals surface area contributed by atoms with Crippen LogP contribution in [0.25, 0.3) is 0 Å². The van der Waals surface area contributed by atoms with Gasteiger partial charge in [0.25, 0.3) is 0 Å². The molecule has 116 valence electrons. The first-order valence-electron chi connectivity index (χ1n) is 7.62. The van der Waals surface area contributed by atoms with Gasteiger partial charge in [0.1, 0.15) is 0 Å². The maximum absolute atomic E-state index is 4.59. The Balaban J connectivity index is 1.89. The number of nitrogens with one attached hydrogen (secondary N) is 2. The van der Waals surface area contributed by atoms with Crippen molar-refractivity contribution in [3.8, 4) is 0 Å². The van der Waals surface area contributed by atoms with Crippen molar-refractivity contribution < 1.29 is 0 Å². The predicted molar refractivity (Wildman–Crippen MR) is 89.7 cm³/mol. The molecule has 22 heavy (non-hydrogen) atoms. The fraction of sp³-hybridized carbons (Fsp3) is 0.353. The smallest absolute Gasteiger partial charge is 0.191 e. The summed E-state index contributed by atoms with van der Waals surface area (Å²) in [6.07, 6.45) is 4.49. The molecule has 0 unspecified atom stereocenters. The van der Waals surface area contributed by atoms with Crippen LogP contribution in [0.2, 0.25) is 0 Å². The van der Waals surface area contributed by atoms with Gasteiger partial charge in [-0.2, -0.15) is 0 Å². The van der Waals surface area contributed by atoms with E-state index in [0.29, 0.717) is 6.54 Å². The van der Waals surface area contributed by atoms with Crippen molar-refractivity contribution in [2.24, 2.45) is 4.99 Å². The monoisotopic (exact) mass is 297 g/mol. The van der Waals surface area contributed by atoms with Crippen molar-refractivity contribution in [2.45, 2.75) is 26.8 Å². The van der Waals surface area contributed by atoms with E-state index in [2.05, 4.69) is 45.5 Å². The van der Waals surface area contributed by atoms with Crippen LogP contribution in [0, 0.1) is 6.92 Å². The minimum absolute atomic E-state index is 0.575. The second-order valence-electron chi connectivity index (χ2n) is 4.96. The third-order valence-corrected chi connectivity index (χ3v) is 3.25. The van der Waals surface area contributed by atoms with Gasteiger partial charge < -0.3 is 10.6 Å². The highest BCUT2D eigenvalue weighted by Gasteiger charge is 2.01. The summed E-state index contributed by atoms with van der Waals surface area (Å²) < 4.78 is 0. The summed E-state index contributed by atoms with van der Waals surface area (Å²) in [6, 6.07) is 9.96. The summed E-state index contributed by atoms with van der Waals surface area (Å²) in [4.78, 5) is 13.3. The number of aliphatic imine (C=N–C) groups is 1. The Hall–Kier alpha value is -2.43. The minimum Gasteiger partial charge on any atom is -0.357 e. The summed E-state index contributed by atoms with van der Waals surface area (Å²) in [5.41, 5.74) is 3.24. The highest BCUT2D eigenvalue weighted by atomic mass is 15.2. The van der Waals surface area contributed by atoms with Crippen molar-refractivity contribution in [1.29, 1.82) is 0 Å². The van der Waals surface area contributed by atoms with Crippen LogP contribution < -0.4 is 10.6 Å². The Morgan fingerprint density at radius 1 is 1.09 bits per heavy atom. The molecule has 0 spiro atoms. The van der Waals surface area contributed by atoms with Crippen LogP contribution in [0.3, 0.4) is 0 Å². The Bertz CT molecular complexity index is 595. The van der Waals surface area contributed by atoms with E-state index in [0.717, 1.165) is 42.4 Å². The fourth-order valence-corrected chi connectivity index (χ4v) is 2.03. The van der Waals surface area contributed by atoms with Crippen molar-refractivity contribution in [3.63, 3.8) is 0 Å². The van der Waals surface area contributed by atoms with Gasteiger partial charge in [0.2, 0.25) is 0 Å². The van der Waals surface area contributed by atoms with Crippen molar-refractivity contribution in [2.75, 3.05) is 13.1 Å². The molecule has 2 N–H and O–H groups in total. The zero-order valence-corrected chi connectivity index (χ0v) is 13.2. The van der Waals surface area contributed by atoms with Gasteiger partial charge in [-0.3, -0.25) is 9.97 Å². The first-order valence-corrected chi connectivity index (χ1v) is 7.62. The minimum atomic E-state index is 0.575. The molecule has 0 aliphatic carbocycles. The van der Waals surface area contributed by atoms with Crippen molar-refractivity contribution >= 4 is 5.96 Å². The van der Waals surface area contributed by atoms with E-state index in [-0.39, 0.29) is 0 Å². The lowest BCUT2D eigenvalue weighted by atomic mass is 10.2. The van der Waals surface area contributed by atoms with Crippen LogP contribution in [0.5, 0.6) is 0 Å². The SMILES string of the molecule is CCNC(=NCc1ncccc1C)NCCc1ccccn1. The molecule has 0 amide bonds. The molecule has 0 saturated carbocycles. The molecule has 0 aliphatic heterocycles. The molecule has 5 heteroatoms. The summed E-state index contributed by atoms with van der Waals surface area (Å²) >= 11 is 0. The highest BCUT2D eigenvalue weighted by Crippen LogP contribution is 2.04. The van der Waals surface area contributed by atoms with Gasteiger partial charge in [0.05, 0.1) is 12.2 Å². The lowest BCUT2D eigenvalue weighted by molar-refractivity contribution is 0.785. The Morgan fingerprint density at radius 3 is 2.68 bits per heavy atom. The zero-order chi connectivity index (χ0) is 15.6. The molecule has 0 saturated heterocycles. The number of rotatable bonds is 6. The fourth-order valence-electron chi connectivity index (χ4n) is 2.03. The average Bonchev–Trinajstić information content (AvgIpc) is 2.55. The Kier molecular flexibility index (Phi) is 6.36. The van der Waals surface area contributed by atoms with E-state index in [1.165, 1.54) is 0 Å². The van der Waals surface area contributed by atoms with Gasteiger partial charge in [0, 0.05) is 37.6 Å². The molecular weight excluding hydrogens is 274 g/mol. The van der Waals surface area contributed by atoms with Crippen molar-refractivity contribution in [3.05, 3.63) is 59.7 Å². The summed E-state index contributed by atoms with van der Waals surface area (Å²) in [6.45, 7) is 6.31. The number of aryl methyl sites for hydroxylation is 1. The maximum Gasteiger partial charge on any atom is 0.191 e. The molecule has 0 atom stereocenters. The number of hydrogen-bond donors (Lipinski definition) is 2. The molecule has 5 nitrogen and oxygen atoms in total. The maximum atomic E-state index is 4.59. The predicted octanol–water partition coefficient (Wildman–Crippen LogP) is 2.08. The first kappa shape index (κ1) is 15.9. The van der Waals surface area contributed by atoms with Gasteiger partial charge in [-0.05, 0) is 37.6 Å². The zero-order valence-electron chi connectivity index (χ0n) is 13.2. The topological polar surface area (TPSA) is 62.2 Å². The van der Waals surface area contributed by atoms with Crippen LogP contribution in [0.15, 0.2) is 47.7 Å². The molecule has 0 aromatic carbocycles. The largest absolute Gasteiger partial charge is 0.357 e. The molecule has 2 heterocycles. The van der Waals surface area contributed by atoms with Gasteiger partial charge in [0.15, 0.2) is 5.96 Å². The Labute approximate surface area is 131 Å². The van der Waals surface area contributed by atoms with Gasteiger partial charge in [-0.1, -0.05) is 12.1 Å². The van der Waals surface area contributed by atoms with Gasteiger partial charge in [-0.25, -0.2) is 4.99 Å². The van der Waals surface area contributed by atoms with Crippen LogP contribution in [0.1, 0.15) is 23.9 Å². The van der Waals surface area contributed by atoms with Crippen LogP contribution in [-0.2, 0) is 13.0 Å². The number of nitrogens with zero attached hydrogens (tertiary/aromatic N) is 3. The van der Waals surface area contributed by atoms with E-state index in [1.807, 2.05) is 30.5 Å². The standard InChI is InChI=1S/C17H23N5/c1-3-18-17(21-12-9-15-8-4-5-10-19-15)22-13-16-14(2)7-6-11-20-16/h4-8,10-11H,3,9,12-13H2,1-2H3,(H2,18,21,22). The Morgan fingerprint density at radius 2 is 1.95 bits per heavy atom. The first-order chi connectivity index (χ1) is 10.8. The highest BCUT2D eigenvalue weighted by molar-refractivity contribution is 5.79. The average molecular weight is 297 g/mol. The molecule has 0 aliphatic rings. The normalized spacial score (nSPS) is 11.3. The van der Waals surface area contributed by atoms with E-state index in [9.17, 15) is 0 Å². The van der Waals surface area contributed by atoms with Crippen LogP contribution >= 0.6 is 0 Å². The van der Waals surface area contributed by atoms with Gasteiger partial charge in [-0.15, -0.1) is 0 Å². The molecule has 0 radical (unpaired) electrons. The molecule has 2 aromatic heterocycles. The second-order valence-corrected chi connectivity index (χ2v) is 4.96. The number of aromatic nitrogens is 2. The lowest BCUT2D eigenvalue weighted by Gasteiger charge is -2.11. The summed E-state index contributed by atoms with van der Waals surface area (Å²) in [7, 11) is 0. The molecule has 2 aromatic rings. The number of pyridine rings is 2. The van der Waals surface area contributed by atoms with E-state index in [1.54, 1.807) is 6.20 Å². The molecular formula is C17H23N5. The van der Waals surface area contributed by atoms with Gasteiger partial charge >= 0.3 is 0 Å². The third kappa shape index (κ3) is 5.16. The second kappa shape index (κ2) is 8.77. The van der Waals surface area contributed by atoms with E-state index < -0.39 is 0 Å². The quantitative estimate of drug-likeness (QED) is 0.633. The lowest BCUT2D eigenvalue weighted by Crippen LogP contribution is -2.38. The number of hydrogen-bond acceptors (Lipinski definition) is 3. The molecule has 0 fully saturated rings. The number of guanidine groups is 1. The van der Waals surface area contributed by atoms with Crippen LogP contribution in [-0.4, -0.2) is 29.0 Å². The summed E-state index contributed by atoms with van der Waals surface area (Å²) in [5, 5.41) is 6.58. The third-order valence-electron chi connectivity index (χ3n) is 3.25. The molecule has 0 bridgehead atoms. The van der Waals surface area contributed by atoms with E-state index >= 15 is 0 Å². The van der Waals surface area contributed by atoms with Crippen molar-refractivity contribution in [1.82, 2.24) is 20.6 Å².